The van der Waals surface area contributed by atoms with E-state index in [1.807, 2.05) is 18.4 Å². The van der Waals surface area contributed by atoms with Crippen molar-refractivity contribution in [2.75, 3.05) is 6.61 Å². The van der Waals surface area contributed by atoms with Crippen molar-refractivity contribution in [3.63, 3.8) is 0 Å². The zero-order chi connectivity index (χ0) is 14.0. The molecule has 0 fully saturated rings. The number of hydrogen-bond donors (Lipinski definition) is 0. The van der Waals surface area contributed by atoms with E-state index < -0.39 is 5.97 Å². The minimum Gasteiger partial charge on any atom is -0.462 e. The lowest BCUT2D eigenvalue weighted by Gasteiger charge is -2.20. The summed E-state index contributed by atoms with van der Waals surface area (Å²) in [5, 5.41) is 0. The summed E-state index contributed by atoms with van der Waals surface area (Å²) in [6.07, 6.45) is 4.59. The molecule has 5 nitrogen and oxygen atoms in total. The highest BCUT2D eigenvalue weighted by atomic mass is 16.5. The largest absolute Gasteiger partial charge is 0.462 e. The van der Waals surface area contributed by atoms with Gasteiger partial charge in [-0.05, 0) is 33.6 Å². The van der Waals surface area contributed by atoms with Gasteiger partial charge in [0, 0.05) is 6.42 Å². The van der Waals surface area contributed by atoms with Crippen molar-refractivity contribution < 1.29 is 14.1 Å². The van der Waals surface area contributed by atoms with Gasteiger partial charge >= 0.3 is 11.5 Å². The number of ether oxygens (including phenoxy) is 1. The summed E-state index contributed by atoms with van der Waals surface area (Å²) in [6.45, 7) is 6.80. The van der Waals surface area contributed by atoms with Crippen LogP contribution in [0.4, 0.5) is 0 Å². The number of aryl methyl sites for hydroxylation is 1. The molecule has 104 valence electrons. The van der Waals surface area contributed by atoms with Crippen LogP contribution in [0.15, 0.2) is 11.0 Å². The van der Waals surface area contributed by atoms with Gasteiger partial charge in [-0.1, -0.05) is 0 Å². The Balaban J connectivity index is 2.62. The maximum Gasteiger partial charge on any atom is 0.352 e. The van der Waals surface area contributed by atoms with Crippen molar-refractivity contribution in [1.82, 2.24) is 4.57 Å². The van der Waals surface area contributed by atoms with Gasteiger partial charge in [-0.3, -0.25) is 0 Å². The molecule has 0 aliphatic carbocycles. The summed E-state index contributed by atoms with van der Waals surface area (Å²) >= 11 is 0. The van der Waals surface area contributed by atoms with Gasteiger partial charge in [0.1, 0.15) is 12.2 Å². The van der Waals surface area contributed by atoms with Crippen LogP contribution in [0.2, 0.25) is 0 Å². The number of rotatable bonds is 3. The maximum atomic E-state index is 12.5. The molecule has 1 aliphatic rings. The van der Waals surface area contributed by atoms with E-state index in [0.717, 1.165) is 31.6 Å². The molecule has 1 aromatic rings. The molecule has 5 heteroatoms. The molecule has 1 aromatic heterocycles. The fourth-order valence-corrected chi connectivity index (χ4v) is 2.70. The molecular weight excluding hydrogens is 244 g/mol. The van der Waals surface area contributed by atoms with Gasteiger partial charge in [0.2, 0.25) is 0 Å². The van der Waals surface area contributed by atoms with Crippen LogP contribution >= 0.6 is 0 Å². The fourth-order valence-electron chi connectivity index (χ4n) is 2.70. The van der Waals surface area contributed by atoms with Gasteiger partial charge in [-0.25, -0.2) is 14.2 Å². The van der Waals surface area contributed by atoms with Crippen LogP contribution in [-0.2, 0) is 17.7 Å². The summed E-state index contributed by atoms with van der Waals surface area (Å²) in [7, 11) is 0. The van der Waals surface area contributed by atoms with Crippen LogP contribution in [0.5, 0.6) is 0 Å². The van der Waals surface area contributed by atoms with E-state index in [9.17, 15) is 9.59 Å². The smallest absolute Gasteiger partial charge is 0.352 e. The van der Waals surface area contributed by atoms with Gasteiger partial charge in [0.25, 0.3) is 5.82 Å². The Morgan fingerprint density at radius 2 is 2.26 bits per heavy atom. The van der Waals surface area contributed by atoms with Crippen molar-refractivity contribution >= 4 is 5.97 Å². The van der Waals surface area contributed by atoms with Gasteiger partial charge in [0.15, 0.2) is 5.56 Å². The van der Waals surface area contributed by atoms with E-state index in [1.54, 1.807) is 17.7 Å². The highest BCUT2D eigenvalue weighted by Gasteiger charge is 2.31. The number of esters is 1. The molecule has 0 aromatic carbocycles. The highest BCUT2D eigenvalue weighted by Crippen LogP contribution is 2.20. The third kappa shape index (κ3) is 2.41. The van der Waals surface area contributed by atoms with Gasteiger partial charge in [-0.15, -0.1) is 0 Å². The third-order valence-electron chi connectivity index (χ3n) is 3.64. The Bertz CT molecular complexity index is 548. The summed E-state index contributed by atoms with van der Waals surface area (Å²) in [5.74, 6) is 0.488. The Labute approximate surface area is 112 Å². The van der Waals surface area contributed by atoms with E-state index in [4.69, 9.17) is 4.74 Å². The van der Waals surface area contributed by atoms with E-state index >= 15 is 0 Å². The molecular formula is C14H21N2O3+. The molecule has 1 atom stereocenters. The molecule has 0 amide bonds. The molecule has 1 unspecified atom stereocenters. The van der Waals surface area contributed by atoms with Crippen LogP contribution in [-0.4, -0.2) is 17.1 Å². The molecule has 2 rings (SSSR count). The second kappa shape index (κ2) is 5.55. The average molecular weight is 265 g/mol. The molecule has 0 radical (unpaired) electrons. The van der Waals surface area contributed by atoms with Crippen molar-refractivity contribution in [2.24, 2.45) is 0 Å². The topological polar surface area (TPSA) is 52.2 Å². The predicted molar refractivity (Wildman–Crippen MR) is 70.2 cm³/mol. The third-order valence-corrected chi connectivity index (χ3v) is 3.64. The maximum absolute atomic E-state index is 12.5. The van der Waals surface area contributed by atoms with Crippen LogP contribution in [0.3, 0.4) is 0 Å². The Hall–Kier alpha value is -1.65. The second-order valence-corrected chi connectivity index (χ2v) is 4.88. The first kappa shape index (κ1) is 13.8. The van der Waals surface area contributed by atoms with Gasteiger partial charge < -0.3 is 4.74 Å². The van der Waals surface area contributed by atoms with Gasteiger partial charge in [-0.2, -0.15) is 4.57 Å². The standard InChI is InChI=1S/C14H21N2O3/c1-4-15-9-11(14(18)19-5-2)13(17)16-10(3)7-6-8-12(15)16/h9-10H,4-8H2,1-3H3/q+1. The minimum absolute atomic E-state index is 0.140. The Morgan fingerprint density at radius 3 is 2.89 bits per heavy atom. The second-order valence-electron chi connectivity index (χ2n) is 4.88. The molecule has 2 heterocycles. The number of nitrogens with zero attached hydrogens (tertiary/aromatic N) is 2. The van der Waals surface area contributed by atoms with E-state index in [2.05, 4.69) is 0 Å². The number of aromatic nitrogens is 2. The fraction of sp³-hybridized carbons (Fsp3) is 0.643. The van der Waals surface area contributed by atoms with Crippen LogP contribution in [0.25, 0.3) is 0 Å². The predicted octanol–water partition coefficient (Wildman–Crippen LogP) is 1.23. The first-order valence-corrected chi connectivity index (χ1v) is 6.95. The summed E-state index contributed by atoms with van der Waals surface area (Å²) in [5.41, 5.74) is -0.0773. The zero-order valence-corrected chi connectivity index (χ0v) is 11.8. The normalized spacial score (nSPS) is 17.9. The number of carbonyl (C=O) groups excluding carboxylic acids is 1. The molecule has 0 spiro atoms. The van der Waals surface area contributed by atoms with Crippen molar-refractivity contribution in [3.05, 3.63) is 27.9 Å². The van der Waals surface area contributed by atoms with E-state index in [-0.39, 0.29) is 23.8 Å². The van der Waals surface area contributed by atoms with Crippen molar-refractivity contribution in [3.8, 4) is 0 Å². The van der Waals surface area contributed by atoms with E-state index in [0.29, 0.717) is 0 Å². The van der Waals surface area contributed by atoms with Crippen LogP contribution in [0, 0.1) is 0 Å². The summed E-state index contributed by atoms with van der Waals surface area (Å²) in [6, 6.07) is 0.142. The summed E-state index contributed by atoms with van der Waals surface area (Å²) in [4.78, 5) is 24.3. The van der Waals surface area contributed by atoms with E-state index in [1.165, 1.54) is 0 Å². The molecule has 0 bridgehead atoms. The first-order chi connectivity index (χ1) is 9.10. The molecule has 19 heavy (non-hydrogen) atoms. The molecule has 0 saturated carbocycles. The summed E-state index contributed by atoms with van der Waals surface area (Å²) < 4.78 is 8.72. The number of fused-ring (bicyclic) bond motifs is 1. The quantitative estimate of drug-likeness (QED) is 0.610. The number of carbonyl (C=O) groups is 1. The lowest BCUT2D eigenvalue weighted by Crippen LogP contribution is -2.49. The lowest BCUT2D eigenvalue weighted by atomic mass is 10.0. The SMILES string of the molecule is CCOC(=O)c1c[n+](CC)c2n(c1=O)C(C)CCC2. The first-order valence-electron chi connectivity index (χ1n) is 6.95. The average Bonchev–Trinajstić information content (AvgIpc) is 2.39. The number of hydrogen-bond acceptors (Lipinski definition) is 3. The minimum atomic E-state index is -0.525. The van der Waals surface area contributed by atoms with Crippen molar-refractivity contribution in [1.29, 1.82) is 0 Å². The van der Waals surface area contributed by atoms with Crippen molar-refractivity contribution in [2.45, 2.75) is 52.6 Å². The van der Waals surface area contributed by atoms with Gasteiger partial charge in [0.05, 0.1) is 13.2 Å². The highest BCUT2D eigenvalue weighted by molar-refractivity contribution is 5.88. The monoisotopic (exact) mass is 265 g/mol. The zero-order valence-electron chi connectivity index (χ0n) is 11.8. The lowest BCUT2D eigenvalue weighted by molar-refractivity contribution is -0.706. The molecule has 0 saturated heterocycles. The molecule has 0 N–H and O–H groups in total. The van der Waals surface area contributed by atoms with Crippen LogP contribution in [0.1, 0.15) is 55.8 Å². The Kier molecular flexibility index (Phi) is 4.02. The molecule has 1 aliphatic heterocycles. The Morgan fingerprint density at radius 1 is 1.53 bits per heavy atom. The van der Waals surface area contributed by atoms with Crippen LogP contribution < -0.4 is 10.1 Å².